The zero-order valence-corrected chi connectivity index (χ0v) is 11.0. The van der Waals surface area contributed by atoms with Crippen molar-refractivity contribution < 1.29 is 38.0 Å². The van der Waals surface area contributed by atoms with Crippen molar-refractivity contribution in [3.8, 4) is 0 Å². The summed E-state index contributed by atoms with van der Waals surface area (Å²) in [4.78, 5) is 11.6. The van der Waals surface area contributed by atoms with Crippen LogP contribution in [0.15, 0.2) is 0 Å². The number of carbonyl (C=O) groups excluding carboxylic acids is 1. The van der Waals surface area contributed by atoms with Crippen molar-refractivity contribution >= 4 is 5.97 Å². The van der Waals surface area contributed by atoms with Crippen LogP contribution >= 0.6 is 0 Å². The molecule has 0 aromatic heterocycles. The lowest BCUT2D eigenvalue weighted by Crippen LogP contribution is -2.46. The molecule has 2 unspecified atom stereocenters. The Bertz CT molecular complexity index is 310. The summed E-state index contributed by atoms with van der Waals surface area (Å²) in [5, 5.41) is 27.1. The molecular weight excluding hydrogens is 269 g/mol. The summed E-state index contributed by atoms with van der Waals surface area (Å²) in [5.74, 6) is -1.03. The van der Waals surface area contributed by atoms with Crippen LogP contribution in [0.4, 0.5) is 13.2 Å². The number of aliphatic hydroxyl groups is 3. The normalized spacial score (nSPS) is 17.7. The molecule has 3 N–H and O–H groups in total. The number of ether oxygens (including phenoxy) is 1. The molecular formula is C11H19F3O5. The maximum absolute atomic E-state index is 12.4. The van der Waals surface area contributed by atoms with Crippen molar-refractivity contribution in [2.45, 2.75) is 45.1 Å². The van der Waals surface area contributed by atoms with Crippen molar-refractivity contribution in [2.75, 3.05) is 13.2 Å². The molecule has 8 heteroatoms. The van der Waals surface area contributed by atoms with E-state index in [4.69, 9.17) is 14.9 Å². The lowest BCUT2D eigenvalue weighted by Gasteiger charge is -2.30. The molecule has 0 aromatic carbocycles. The van der Waals surface area contributed by atoms with Gasteiger partial charge in [0.2, 0.25) is 0 Å². The van der Waals surface area contributed by atoms with E-state index in [1.165, 1.54) is 13.8 Å². The quantitative estimate of drug-likeness (QED) is 0.623. The summed E-state index contributed by atoms with van der Waals surface area (Å²) in [6.07, 6.45) is -6.90. The minimum Gasteiger partial charge on any atom is -0.462 e. The highest BCUT2D eigenvalue weighted by Gasteiger charge is 2.51. The molecule has 0 rings (SSSR count). The van der Waals surface area contributed by atoms with Gasteiger partial charge in [0.1, 0.15) is 11.5 Å². The van der Waals surface area contributed by atoms with Crippen molar-refractivity contribution in [1.29, 1.82) is 0 Å². The molecule has 0 saturated carbocycles. The smallest absolute Gasteiger partial charge is 0.417 e. The molecule has 0 heterocycles. The second-order valence-corrected chi connectivity index (χ2v) is 5.07. The third-order valence-electron chi connectivity index (χ3n) is 2.79. The molecule has 0 saturated heterocycles. The molecule has 0 fully saturated rings. The van der Waals surface area contributed by atoms with E-state index in [0.717, 1.165) is 0 Å². The topological polar surface area (TPSA) is 87.0 Å². The van der Waals surface area contributed by atoms with Gasteiger partial charge in [-0.05, 0) is 20.8 Å². The largest absolute Gasteiger partial charge is 0.462 e. The Morgan fingerprint density at radius 1 is 1.21 bits per heavy atom. The number of aliphatic hydroxyl groups excluding tert-OH is 2. The van der Waals surface area contributed by atoms with E-state index in [1.54, 1.807) is 0 Å². The number of halogens is 3. The Morgan fingerprint density at radius 2 is 1.63 bits per heavy atom. The summed E-state index contributed by atoms with van der Waals surface area (Å²) >= 11 is 0. The second kappa shape index (κ2) is 6.06. The first kappa shape index (κ1) is 18.1. The lowest BCUT2D eigenvalue weighted by atomic mass is 9.93. The highest BCUT2D eigenvalue weighted by atomic mass is 19.4. The van der Waals surface area contributed by atoms with Crippen LogP contribution in [0, 0.1) is 5.41 Å². The molecule has 0 radical (unpaired) electrons. The Labute approximate surface area is 109 Å². The number of alkyl halides is 3. The SMILES string of the molecule is CC(CC(C)(O)C(F)(F)F)OC(=O)C(C)(CO)CO. The van der Waals surface area contributed by atoms with E-state index < -0.39 is 48.9 Å². The van der Waals surface area contributed by atoms with Crippen LogP contribution in [-0.2, 0) is 9.53 Å². The zero-order chi connectivity index (χ0) is 15.5. The van der Waals surface area contributed by atoms with Gasteiger partial charge in [-0.15, -0.1) is 0 Å². The molecule has 0 aromatic rings. The summed E-state index contributed by atoms with van der Waals surface area (Å²) in [5.41, 5.74) is -4.57. The van der Waals surface area contributed by atoms with Crippen molar-refractivity contribution in [2.24, 2.45) is 5.41 Å². The minimum absolute atomic E-state index is 0.578. The van der Waals surface area contributed by atoms with E-state index in [-0.39, 0.29) is 0 Å². The molecule has 2 atom stereocenters. The Kier molecular flexibility index (Phi) is 5.79. The number of carbonyl (C=O) groups is 1. The van der Waals surface area contributed by atoms with Gasteiger partial charge in [0.05, 0.1) is 13.2 Å². The average Bonchev–Trinajstić information content (AvgIpc) is 2.25. The van der Waals surface area contributed by atoms with E-state index in [0.29, 0.717) is 6.92 Å². The van der Waals surface area contributed by atoms with Gasteiger partial charge in [0.15, 0.2) is 5.60 Å². The molecule has 0 aliphatic heterocycles. The summed E-state index contributed by atoms with van der Waals surface area (Å²) < 4.78 is 42.0. The van der Waals surface area contributed by atoms with Gasteiger partial charge < -0.3 is 20.1 Å². The van der Waals surface area contributed by atoms with Gasteiger partial charge in [-0.3, -0.25) is 4.79 Å². The fourth-order valence-electron chi connectivity index (χ4n) is 1.22. The van der Waals surface area contributed by atoms with Gasteiger partial charge in [0, 0.05) is 6.42 Å². The summed E-state index contributed by atoms with van der Waals surface area (Å²) in [6.45, 7) is 1.57. The standard InChI is InChI=1S/C11H19F3O5/c1-7(4-10(3,18)11(12,13)14)19-8(17)9(2,5-15)6-16/h7,15-16,18H,4-6H2,1-3H3. The van der Waals surface area contributed by atoms with Crippen molar-refractivity contribution in [3.63, 3.8) is 0 Å². The second-order valence-electron chi connectivity index (χ2n) is 5.07. The van der Waals surface area contributed by atoms with Crippen molar-refractivity contribution in [3.05, 3.63) is 0 Å². The summed E-state index contributed by atoms with van der Waals surface area (Å²) in [6, 6.07) is 0. The van der Waals surface area contributed by atoms with Gasteiger partial charge in [-0.2, -0.15) is 13.2 Å². The highest BCUT2D eigenvalue weighted by molar-refractivity contribution is 5.76. The fourth-order valence-corrected chi connectivity index (χ4v) is 1.22. The van der Waals surface area contributed by atoms with Crippen LogP contribution in [0.1, 0.15) is 27.2 Å². The first-order valence-electron chi connectivity index (χ1n) is 5.61. The van der Waals surface area contributed by atoms with E-state index in [2.05, 4.69) is 0 Å². The van der Waals surface area contributed by atoms with Gasteiger partial charge in [0.25, 0.3) is 0 Å². The monoisotopic (exact) mass is 288 g/mol. The molecule has 0 spiro atoms. The third kappa shape index (κ3) is 4.63. The molecule has 0 bridgehead atoms. The van der Waals surface area contributed by atoms with Crippen LogP contribution in [0.25, 0.3) is 0 Å². The highest BCUT2D eigenvalue weighted by Crippen LogP contribution is 2.34. The summed E-state index contributed by atoms with van der Waals surface area (Å²) in [7, 11) is 0. The molecule has 19 heavy (non-hydrogen) atoms. The number of hydrogen-bond donors (Lipinski definition) is 3. The molecule has 5 nitrogen and oxygen atoms in total. The Hall–Kier alpha value is -0.860. The number of esters is 1. The van der Waals surface area contributed by atoms with Crippen LogP contribution in [0.3, 0.4) is 0 Å². The van der Waals surface area contributed by atoms with Crippen molar-refractivity contribution in [1.82, 2.24) is 0 Å². The Balaban J connectivity index is 4.65. The first-order valence-corrected chi connectivity index (χ1v) is 5.61. The van der Waals surface area contributed by atoms with E-state index >= 15 is 0 Å². The first-order chi connectivity index (χ1) is 8.39. The van der Waals surface area contributed by atoms with Crippen LogP contribution in [0.5, 0.6) is 0 Å². The zero-order valence-electron chi connectivity index (χ0n) is 11.0. The lowest BCUT2D eigenvalue weighted by molar-refractivity contribution is -0.261. The molecule has 0 aliphatic carbocycles. The van der Waals surface area contributed by atoms with E-state index in [1.807, 2.05) is 0 Å². The maximum Gasteiger partial charge on any atom is 0.417 e. The molecule has 0 aliphatic rings. The van der Waals surface area contributed by atoms with Crippen LogP contribution < -0.4 is 0 Å². The predicted molar refractivity (Wildman–Crippen MR) is 59.1 cm³/mol. The van der Waals surface area contributed by atoms with Crippen LogP contribution in [-0.4, -0.2) is 52.4 Å². The minimum atomic E-state index is -4.84. The predicted octanol–water partition coefficient (Wildman–Crippen LogP) is 0.612. The maximum atomic E-state index is 12.4. The molecule has 114 valence electrons. The fraction of sp³-hybridized carbons (Fsp3) is 0.909. The van der Waals surface area contributed by atoms with E-state index in [9.17, 15) is 23.1 Å². The third-order valence-corrected chi connectivity index (χ3v) is 2.79. The Morgan fingerprint density at radius 3 is 1.95 bits per heavy atom. The number of hydrogen-bond acceptors (Lipinski definition) is 5. The van der Waals surface area contributed by atoms with Gasteiger partial charge in [-0.25, -0.2) is 0 Å². The van der Waals surface area contributed by atoms with Crippen LogP contribution in [0.2, 0.25) is 0 Å². The van der Waals surface area contributed by atoms with Gasteiger partial charge in [-0.1, -0.05) is 0 Å². The van der Waals surface area contributed by atoms with Gasteiger partial charge >= 0.3 is 12.1 Å². The number of rotatable bonds is 6. The average molecular weight is 288 g/mol. The molecule has 0 amide bonds.